The number of benzene rings is 2. The summed E-state index contributed by atoms with van der Waals surface area (Å²) in [6, 6.07) is 18.0. The standard InChI is InChI=1S/C24H30N6O2S/c1-19(2)20-8-10-21(11-9-20)30-24(25-26-27-30)33-18-23(31)29-14-12-28(13-15-29)16-17-32-22-6-4-3-5-7-22/h3-11,19H,12-18H2,1-2H3. The minimum atomic E-state index is 0.116. The monoisotopic (exact) mass is 466 g/mol. The first kappa shape index (κ1) is 23.3. The third-order valence-electron chi connectivity index (χ3n) is 5.71. The molecule has 0 spiro atoms. The molecule has 0 aliphatic carbocycles. The Morgan fingerprint density at radius 1 is 1.03 bits per heavy atom. The van der Waals surface area contributed by atoms with Gasteiger partial charge in [0.1, 0.15) is 12.4 Å². The predicted octanol–water partition coefficient (Wildman–Crippen LogP) is 3.10. The second-order valence-corrected chi connectivity index (χ2v) is 9.23. The average molecular weight is 467 g/mol. The zero-order chi connectivity index (χ0) is 23.0. The van der Waals surface area contributed by atoms with Crippen molar-refractivity contribution in [2.24, 2.45) is 0 Å². The summed E-state index contributed by atoms with van der Waals surface area (Å²) >= 11 is 1.38. The lowest BCUT2D eigenvalue weighted by molar-refractivity contribution is -0.130. The van der Waals surface area contributed by atoms with E-state index in [1.165, 1.54) is 17.3 Å². The van der Waals surface area contributed by atoms with Crippen molar-refractivity contribution in [3.05, 3.63) is 60.2 Å². The molecule has 0 unspecified atom stereocenters. The number of ether oxygens (including phenoxy) is 1. The molecular weight excluding hydrogens is 436 g/mol. The van der Waals surface area contributed by atoms with Crippen LogP contribution in [0.25, 0.3) is 5.69 Å². The van der Waals surface area contributed by atoms with Crippen LogP contribution in [-0.4, -0.2) is 81.0 Å². The fraction of sp³-hybridized carbons (Fsp3) is 0.417. The lowest BCUT2D eigenvalue weighted by Crippen LogP contribution is -2.50. The Morgan fingerprint density at radius 2 is 1.76 bits per heavy atom. The van der Waals surface area contributed by atoms with Gasteiger partial charge in [0.05, 0.1) is 11.4 Å². The van der Waals surface area contributed by atoms with E-state index in [0.717, 1.165) is 44.2 Å². The van der Waals surface area contributed by atoms with E-state index in [1.807, 2.05) is 47.4 Å². The fourth-order valence-corrected chi connectivity index (χ4v) is 4.47. The highest BCUT2D eigenvalue weighted by atomic mass is 32.2. The maximum Gasteiger partial charge on any atom is 0.233 e. The van der Waals surface area contributed by atoms with Crippen LogP contribution < -0.4 is 4.74 Å². The van der Waals surface area contributed by atoms with Gasteiger partial charge in [0.15, 0.2) is 0 Å². The van der Waals surface area contributed by atoms with Crippen LogP contribution in [0.1, 0.15) is 25.3 Å². The lowest BCUT2D eigenvalue weighted by atomic mass is 10.0. The van der Waals surface area contributed by atoms with Crippen LogP contribution in [0, 0.1) is 0 Å². The molecule has 1 fully saturated rings. The van der Waals surface area contributed by atoms with Crippen molar-refractivity contribution in [1.82, 2.24) is 30.0 Å². The van der Waals surface area contributed by atoms with Gasteiger partial charge in [-0.05, 0) is 46.2 Å². The maximum atomic E-state index is 12.8. The quantitative estimate of drug-likeness (QED) is 0.449. The number of hydrogen-bond acceptors (Lipinski definition) is 7. The minimum absolute atomic E-state index is 0.116. The van der Waals surface area contributed by atoms with Gasteiger partial charge >= 0.3 is 0 Å². The summed E-state index contributed by atoms with van der Waals surface area (Å²) in [5.74, 6) is 1.80. The number of amides is 1. The SMILES string of the molecule is CC(C)c1ccc(-n2nnnc2SCC(=O)N2CCN(CCOc3ccccc3)CC2)cc1. The van der Waals surface area contributed by atoms with Crippen molar-refractivity contribution >= 4 is 17.7 Å². The smallest absolute Gasteiger partial charge is 0.233 e. The third-order valence-corrected chi connectivity index (χ3v) is 6.62. The molecule has 1 aliphatic rings. The van der Waals surface area contributed by atoms with Gasteiger partial charge in [0.2, 0.25) is 11.1 Å². The molecular formula is C24H30N6O2S. The van der Waals surface area contributed by atoms with Gasteiger partial charge in [-0.15, -0.1) is 5.10 Å². The van der Waals surface area contributed by atoms with E-state index in [1.54, 1.807) is 4.68 Å². The van der Waals surface area contributed by atoms with Crippen LogP contribution in [0.15, 0.2) is 59.8 Å². The highest BCUT2D eigenvalue weighted by Gasteiger charge is 2.22. The molecule has 9 heteroatoms. The normalized spacial score (nSPS) is 14.6. The number of hydrogen-bond donors (Lipinski definition) is 0. The molecule has 174 valence electrons. The van der Waals surface area contributed by atoms with Crippen molar-refractivity contribution in [1.29, 1.82) is 0 Å². The molecule has 1 saturated heterocycles. The van der Waals surface area contributed by atoms with Crippen molar-refractivity contribution in [3.8, 4) is 11.4 Å². The number of aromatic nitrogens is 4. The number of carbonyl (C=O) groups is 1. The maximum absolute atomic E-state index is 12.8. The number of thioether (sulfide) groups is 1. The molecule has 1 amide bonds. The molecule has 1 aromatic heterocycles. The molecule has 0 saturated carbocycles. The summed E-state index contributed by atoms with van der Waals surface area (Å²) in [6.45, 7) is 9.00. The molecule has 1 aliphatic heterocycles. The summed E-state index contributed by atoms with van der Waals surface area (Å²) in [7, 11) is 0. The molecule has 2 heterocycles. The Labute approximate surface area is 198 Å². The Morgan fingerprint density at radius 3 is 2.45 bits per heavy atom. The zero-order valence-electron chi connectivity index (χ0n) is 19.1. The Kier molecular flexibility index (Phi) is 7.96. The number of rotatable bonds is 9. The summed E-state index contributed by atoms with van der Waals surface area (Å²) in [5.41, 5.74) is 2.16. The van der Waals surface area contributed by atoms with Gasteiger partial charge < -0.3 is 9.64 Å². The van der Waals surface area contributed by atoms with Gasteiger partial charge in [0.25, 0.3) is 0 Å². The van der Waals surface area contributed by atoms with Crippen molar-refractivity contribution in [2.45, 2.75) is 24.9 Å². The van der Waals surface area contributed by atoms with Crippen molar-refractivity contribution in [3.63, 3.8) is 0 Å². The van der Waals surface area contributed by atoms with Crippen LogP contribution in [0.4, 0.5) is 0 Å². The van der Waals surface area contributed by atoms with Gasteiger partial charge in [-0.2, -0.15) is 4.68 Å². The molecule has 4 rings (SSSR count). The van der Waals surface area contributed by atoms with E-state index in [-0.39, 0.29) is 5.91 Å². The van der Waals surface area contributed by atoms with Crippen LogP contribution >= 0.6 is 11.8 Å². The molecule has 2 aromatic carbocycles. The number of tetrazole rings is 1. The number of para-hydroxylation sites is 1. The zero-order valence-corrected chi connectivity index (χ0v) is 19.9. The number of carbonyl (C=O) groups excluding carboxylic acids is 1. The second-order valence-electron chi connectivity index (χ2n) is 8.29. The summed E-state index contributed by atoms with van der Waals surface area (Å²) in [5, 5.41) is 12.6. The molecule has 0 N–H and O–H groups in total. The first-order chi connectivity index (χ1) is 16.1. The molecule has 0 atom stereocenters. The van der Waals surface area contributed by atoms with E-state index >= 15 is 0 Å². The van der Waals surface area contributed by atoms with Gasteiger partial charge in [-0.1, -0.05) is 55.9 Å². The number of piperazine rings is 1. The van der Waals surface area contributed by atoms with E-state index in [4.69, 9.17) is 4.74 Å². The lowest BCUT2D eigenvalue weighted by Gasteiger charge is -2.34. The Bertz CT molecular complexity index is 1020. The van der Waals surface area contributed by atoms with Crippen LogP contribution in [-0.2, 0) is 4.79 Å². The highest BCUT2D eigenvalue weighted by molar-refractivity contribution is 7.99. The highest BCUT2D eigenvalue weighted by Crippen LogP contribution is 2.21. The van der Waals surface area contributed by atoms with E-state index in [0.29, 0.717) is 23.4 Å². The Hall–Kier alpha value is -2.91. The molecule has 0 radical (unpaired) electrons. The molecule has 8 nitrogen and oxygen atoms in total. The van der Waals surface area contributed by atoms with Crippen molar-refractivity contribution in [2.75, 3.05) is 45.1 Å². The van der Waals surface area contributed by atoms with Gasteiger partial charge in [-0.25, -0.2) is 0 Å². The number of nitrogens with zero attached hydrogens (tertiary/aromatic N) is 6. The summed E-state index contributed by atoms with van der Waals surface area (Å²) < 4.78 is 7.47. The van der Waals surface area contributed by atoms with Gasteiger partial charge in [0, 0.05) is 32.7 Å². The minimum Gasteiger partial charge on any atom is -0.492 e. The third kappa shape index (κ3) is 6.33. The molecule has 3 aromatic rings. The molecule has 0 bridgehead atoms. The largest absolute Gasteiger partial charge is 0.492 e. The molecule has 33 heavy (non-hydrogen) atoms. The van der Waals surface area contributed by atoms with Crippen molar-refractivity contribution < 1.29 is 9.53 Å². The first-order valence-electron chi connectivity index (χ1n) is 11.3. The second kappa shape index (κ2) is 11.3. The summed E-state index contributed by atoms with van der Waals surface area (Å²) in [4.78, 5) is 17.0. The Balaban J connectivity index is 1.21. The van der Waals surface area contributed by atoms with Crippen LogP contribution in [0.5, 0.6) is 5.75 Å². The van der Waals surface area contributed by atoms with E-state index in [9.17, 15) is 4.79 Å². The topological polar surface area (TPSA) is 76.4 Å². The summed E-state index contributed by atoms with van der Waals surface area (Å²) in [6.07, 6.45) is 0. The van der Waals surface area contributed by atoms with Gasteiger partial charge in [-0.3, -0.25) is 9.69 Å². The first-order valence-corrected chi connectivity index (χ1v) is 12.3. The fourth-order valence-electron chi connectivity index (χ4n) is 3.68. The van der Waals surface area contributed by atoms with Crippen LogP contribution in [0.3, 0.4) is 0 Å². The van der Waals surface area contributed by atoms with E-state index in [2.05, 4.69) is 46.4 Å². The predicted molar refractivity (Wildman–Crippen MR) is 129 cm³/mol. The van der Waals surface area contributed by atoms with E-state index < -0.39 is 0 Å². The average Bonchev–Trinajstić information content (AvgIpc) is 3.32. The van der Waals surface area contributed by atoms with Crippen LogP contribution in [0.2, 0.25) is 0 Å².